The molecular formula is C50H43IrN3OSi-2. The molecule has 279 valence electrons. The van der Waals surface area contributed by atoms with Crippen molar-refractivity contribution in [2.24, 2.45) is 0 Å². The molecule has 5 aromatic carbocycles. The fraction of sp³-hybridized carbons (Fsp3) is 0.140. The monoisotopic (exact) mass is 922 g/mol. The van der Waals surface area contributed by atoms with Crippen LogP contribution in [0.2, 0.25) is 19.6 Å². The van der Waals surface area contributed by atoms with Crippen molar-refractivity contribution >= 4 is 46.0 Å². The molecule has 56 heavy (non-hydrogen) atoms. The first-order chi connectivity index (χ1) is 26.6. The second kappa shape index (κ2) is 15.9. The average molecular weight is 922 g/mol. The summed E-state index contributed by atoms with van der Waals surface area (Å²) in [7, 11) is -1.47. The van der Waals surface area contributed by atoms with Crippen LogP contribution in [0.5, 0.6) is 0 Å². The molecule has 9 aromatic rings. The third-order valence-electron chi connectivity index (χ3n) is 10.4. The summed E-state index contributed by atoms with van der Waals surface area (Å²) in [6.07, 6.45) is 7.27. The van der Waals surface area contributed by atoms with Gasteiger partial charge in [-0.05, 0) is 72.8 Å². The molecule has 4 heterocycles. The fourth-order valence-electron chi connectivity index (χ4n) is 7.23. The van der Waals surface area contributed by atoms with Crippen LogP contribution in [0, 0.1) is 19.2 Å². The van der Waals surface area contributed by atoms with Crippen molar-refractivity contribution in [2.45, 2.75) is 45.8 Å². The fourth-order valence-corrected chi connectivity index (χ4v) is 8.71. The predicted molar refractivity (Wildman–Crippen MR) is 231 cm³/mol. The molecule has 0 saturated carbocycles. The van der Waals surface area contributed by atoms with Crippen molar-refractivity contribution in [2.75, 3.05) is 0 Å². The van der Waals surface area contributed by atoms with Gasteiger partial charge in [-0.2, -0.15) is 0 Å². The second-order valence-corrected chi connectivity index (χ2v) is 20.7. The Morgan fingerprint density at radius 2 is 1.34 bits per heavy atom. The molecule has 9 rings (SSSR count). The molecule has 0 aliphatic carbocycles. The van der Waals surface area contributed by atoms with Gasteiger partial charge in [-0.15, -0.1) is 35.4 Å². The van der Waals surface area contributed by atoms with Crippen molar-refractivity contribution in [1.29, 1.82) is 0 Å². The molecule has 0 fully saturated rings. The maximum absolute atomic E-state index is 6.41. The number of nitrogens with zero attached hydrogens (tertiary/aromatic N) is 3. The van der Waals surface area contributed by atoms with E-state index in [0.717, 1.165) is 60.9 Å². The second-order valence-electron chi connectivity index (χ2n) is 15.7. The topological polar surface area (TPSA) is 51.8 Å². The van der Waals surface area contributed by atoms with Crippen LogP contribution in [0.3, 0.4) is 0 Å². The number of benzene rings is 5. The van der Waals surface area contributed by atoms with Gasteiger partial charge < -0.3 is 19.4 Å². The number of hydrogen-bond acceptors (Lipinski definition) is 4. The van der Waals surface area contributed by atoms with E-state index in [1.807, 2.05) is 48.7 Å². The van der Waals surface area contributed by atoms with E-state index >= 15 is 0 Å². The Morgan fingerprint density at radius 1 is 0.679 bits per heavy atom. The molecule has 0 spiro atoms. The number of para-hydroxylation sites is 1. The first-order valence-electron chi connectivity index (χ1n) is 18.8. The Balaban J connectivity index is 0.000000178. The minimum absolute atomic E-state index is 0. The quantitative estimate of drug-likeness (QED) is 0.123. The number of fused-ring (bicyclic) bond motifs is 4. The standard InChI is InChI=1S/C29H21N2O.C21H22NSi.Ir/c1-29(2,21-12-4-3-5-13-21)28-26-22-14-8-9-15-25(22)32-27(26)23(18-31-28)24-16-19-10-6-7-11-20(19)17-30-24;1-16-10-12-18(13-11-16)20-14-19(17-8-6-5-7-9-17)21(15-22-20)23(2,3)4;/h3-17H,1-2H3;5-12,14-15H,1-4H3;/q2*-1;. The molecule has 0 amide bonds. The Morgan fingerprint density at radius 3 is 2.05 bits per heavy atom. The van der Waals surface area contributed by atoms with Crippen LogP contribution in [-0.4, -0.2) is 23.0 Å². The Bertz CT molecular complexity index is 2770. The molecule has 1 radical (unpaired) electrons. The van der Waals surface area contributed by atoms with Crippen LogP contribution in [0.1, 0.15) is 30.7 Å². The molecule has 4 aromatic heterocycles. The predicted octanol–water partition coefficient (Wildman–Crippen LogP) is 12.4. The van der Waals surface area contributed by atoms with E-state index < -0.39 is 8.07 Å². The van der Waals surface area contributed by atoms with E-state index in [-0.39, 0.29) is 25.5 Å². The number of furan rings is 1. The molecular weight excluding hydrogens is 879 g/mol. The molecule has 0 N–H and O–H groups in total. The van der Waals surface area contributed by atoms with Crippen molar-refractivity contribution in [3.05, 3.63) is 181 Å². The maximum atomic E-state index is 6.41. The van der Waals surface area contributed by atoms with Crippen LogP contribution in [0.25, 0.3) is 66.4 Å². The van der Waals surface area contributed by atoms with E-state index in [9.17, 15) is 0 Å². The smallest absolute Gasteiger partial charge is 0.121 e. The van der Waals surface area contributed by atoms with Gasteiger partial charge in [-0.1, -0.05) is 161 Å². The number of rotatable bonds is 6. The van der Waals surface area contributed by atoms with Crippen molar-refractivity contribution in [1.82, 2.24) is 15.0 Å². The van der Waals surface area contributed by atoms with Crippen molar-refractivity contribution in [3.63, 3.8) is 0 Å². The summed E-state index contributed by atoms with van der Waals surface area (Å²) in [5.41, 5.74) is 10.9. The molecule has 0 saturated heterocycles. The van der Waals surface area contributed by atoms with Crippen molar-refractivity contribution < 1.29 is 24.5 Å². The number of pyridine rings is 3. The van der Waals surface area contributed by atoms with Crippen LogP contribution in [-0.2, 0) is 25.5 Å². The zero-order valence-electron chi connectivity index (χ0n) is 32.5. The van der Waals surface area contributed by atoms with Gasteiger partial charge in [-0.25, -0.2) is 0 Å². The molecule has 0 aliphatic rings. The Hall–Kier alpha value is -5.52. The maximum Gasteiger partial charge on any atom is 0.121 e. The summed E-state index contributed by atoms with van der Waals surface area (Å²) in [6.45, 7) is 13.6. The Kier molecular flexibility index (Phi) is 11.0. The van der Waals surface area contributed by atoms with Gasteiger partial charge in [0.25, 0.3) is 0 Å². The normalized spacial score (nSPS) is 11.6. The van der Waals surface area contributed by atoms with Gasteiger partial charge in [0.15, 0.2) is 0 Å². The summed E-state index contributed by atoms with van der Waals surface area (Å²) in [4.78, 5) is 14.4. The van der Waals surface area contributed by atoms with E-state index in [1.165, 1.54) is 27.4 Å². The van der Waals surface area contributed by atoms with Gasteiger partial charge in [0.2, 0.25) is 0 Å². The summed E-state index contributed by atoms with van der Waals surface area (Å²) in [6, 6.07) is 51.3. The summed E-state index contributed by atoms with van der Waals surface area (Å²) in [5, 5.41) is 5.72. The number of aromatic nitrogens is 3. The minimum Gasteiger partial charge on any atom is -0.500 e. The molecule has 0 atom stereocenters. The van der Waals surface area contributed by atoms with Crippen LogP contribution >= 0.6 is 0 Å². The summed E-state index contributed by atoms with van der Waals surface area (Å²) < 4.78 is 6.41. The largest absolute Gasteiger partial charge is 0.500 e. The molecule has 0 bridgehead atoms. The first-order valence-corrected chi connectivity index (χ1v) is 22.3. The van der Waals surface area contributed by atoms with Crippen LogP contribution in [0.15, 0.2) is 156 Å². The van der Waals surface area contributed by atoms with Gasteiger partial charge in [0.1, 0.15) is 5.58 Å². The van der Waals surface area contributed by atoms with E-state index in [4.69, 9.17) is 19.4 Å². The average Bonchev–Trinajstić information content (AvgIpc) is 3.61. The third kappa shape index (κ3) is 7.65. The van der Waals surface area contributed by atoms with E-state index in [2.05, 4.69) is 156 Å². The van der Waals surface area contributed by atoms with Gasteiger partial charge in [0.05, 0.1) is 13.7 Å². The zero-order chi connectivity index (χ0) is 38.2. The SMILES string of the molecule is CC(C)(c1ccccc1)c1n[c-]c(-c2cc3ccccc3cn2)c2oc3ccccc3c12.Cc1c[c-]c(-c2cc(-c3ccccc3)c([Si](C)(C)C)cn2)cc1.[Ir]. The number of aryl methyl sites for hydroxylation is 1. The minimum atomic E-state index is -1.47. The third-order valence-corrected chi connectivity index (χ3v) is 12.4. The summed E-state index contributed by atoms with van der Waals surface area (Å²) >= 11 is 0. The first kappa shape index (κ1) is 38.7. The molecule has 6 heteroatoms. The van der Waals surface area contributed by atoms with E-state index in [0.29, 0.717) is 0 Å². The molecule has 0 unspecified atom stereocenters. The van der Waals surface area contributed by atoms with Crippen LogP contribution < -0.4 is 5.19 Å². The van der Waals surface area contributed by atoms with E-state index in [1.54, 1.807) is 0 Å². The van der Waals surface area contributed by atoms with Gasteiger partial charge >= 0.3 is 0 Å². The summed E-state index contributed by atoms with van der Waals surface area (Å²) in [5.74, 6) is 0. The van der Waals surface area contributed by atoms with Crippen LogP contribution in [0.4, 0.5) is 0 Å². The van der Waals surface area contributed by atoms with Gasteiger partial charge in [-0.3, -0.25) is 0 Å². The zero-order valence-corrected chi connectivity index (χ0v) is 35.9. The van der Waals surface area contributed by atoms with Gasteiger partial charge in [0, 0.05) is 37.9 Å². The van der Waals surface area contributed by atoms with Crippen molar-refractivity contribution in [3.8, 4) is 33.6 Å². The number of hydrogen-bond donors (Lipinski definition) is 0. The molecule has 4 nitrogen and oxygen atoms in total. The Labute approximate surface area is 344 Å². The molecule has 0 aliphatic heterocycles.